The fourth-order valence-electron chi connectivity index (χ4n) is 2.74. The van der Waals surface area contributed by atoms with Gasteiger partial charge in [0.05, 0.1) is 0 Å². The first-order valence-electron chi connectivity index (χ1n) is 6.40. The van der Waals surface area contributed by atoms with Crippen LogP contribution in [0.15, 0.2) is 47.6 Å². The summed E-state index contributed by atoms with van der Waals surface area (Å²) in [6, 6.07) is 0. The highest BCUT2D eigenvalue weighted by Gasteiger charge is 2.29. The molecule has 1 fully saturated rings. The van der Waals surface area contributed by atoms with Crippen molar-refractivity contribution in [2.45, 2.75) is 33.6 Å². The van der Waals surface area contributed by atoms with Gasteiger partial charge in [-0.15, -0.1) is 0 Å². The summed E-state index contributed by atoms with van der Waals surface area (Å²) < 4.78 is 0. The second-order valence-corrected chi connectivity index (χ2v) is 5.42. The highest BCUT2D eigenvalue weighted by molar-refractivity contribution is 5.36. The van der Waals surface area contributed by atoms with Crippen LogP contribution in [0.2, 0.25) is 0 Å². The maximum atomic E-state index is 2.39. The molecule has 0 N–H and O–H groups in total. The Morgan fingerprint density at radius 2 is 1.56 bits per heavy atom. The van der Waals surface area contributed by atoms with Crippen LogP contribution in [0.3, 0.4) is 0 Å². The standard InChI is InChI=1S/C16H22/c1-12-6-4-8-15(9-5-7-12)16-10-13(2)14(3)11-16/h4-9,13-14,16H,10-11H2,1-3H3. The average Bonchev–Trinajstić information content (AvgIpc) is 2.53. The van der Waals surface area contributed by atoms with Gasteiger partial charge in [0.15, 0.2) is 0 Å². The summed E-state index contributed by atoms with van der Waals surface area (Å²) >= 11 is 0. The molecule has 0 aromatic carbocycles. The van der Waals surface area contributed by atoms with Gasteiger partial charge >= 0.3 is 0 Å². The van der Waals surface area contributed by atoms with Crippen molar-refractivity contribution in [1.29, 1.82) is 0 Å². The SMILES string of the molecule is CC1=CC=CC(C2CC(C)C(C)C2)=CC=C1. The number of hydrogen-bond donors (Lipinski definition) is 0. The fourth-order valence-corrected chi connectivity index (χ4v) is 2.74. The van der Waals surface area contributed by atoms with Crippen LogP contribution in [0.1, 0.15) is 33.6 Å². The zero-order chi connectivity index (χ0) is 11.5. The number of rotatable bonds is 1. The van der Waals surface area contributed by atoms with E-state index in [1.54, 1.807) is 0 Å². The molecule has 2 rings (SSSR count). The molecule has 2 aliphatic rings. The molecule has 86 valence electrons. The molecule has 1 saturated carbocycles. The smallest absolute Gasteiger partial charge is 0.0157 e. The lowest BCUT2D eigenvalue weighted by molar-refractivity contribution is 0.457. The van der Waals surface area contributed by atoms with Crippen molar-refractivity contribution in [2.75, 3.05) is 0 Å². The Hall–Kier alpha value is -1.04. The van der Waals surface area contributed by atoms with E-state index in [2.05, 4.69) is 57.2 Å². The third-order valence-corrected chi connectivity index (χ3v) is 4.05. The molecule has 0 aromatic rings. The quantitative estimate of drug-likeness (QED) is 0.595. The molecule has 0 bridgehead atoms. The van der Waals surface area contributed by atoms with Crippen molar-refractivity contribution in [1.82, 2.24) is 0 Å². The molecule has 0 heterocycles. The summed E-state index contributed by atoms with van der Waals surface area (Å²) in [6.45, 7) is 6.91. The van der Waals surface area contributed by atoms with Gasteiger partial charge in [0, 0.05) is 0 Å². The van der Waals surface area contributed by atoms with Crippen LogP contribution in [0.4, 0.5) is 0 Å². The van der Waals surface area contributed by atoms with Gasteiger partial charge < -0.3 is 0 Å². The van der Waals surface area contributed by atoms with Gasteiger partial charge in [-0.25, -0.2) is 0 Å². The Bertz CT molecular complexity index is 355. The Kier molecular flexibility index (Phi) is 3.48. The van der Waals surface area contributed by atoms with Gasteiger partial charge in [0.2, 0.25) is 0 Å². The van der Waals surface area contributed by atoms with Crippen molar-refractivity contribution in [3.05, 3.63) is 47.6 Å². The fraction of sp³-hybridized carbons (Fsp3) is 0.500. The van der Waals surface area contributed by atoms with E-state index < -0.39 is 0 Å². The minimum Gasteiger partial charge on any atom is -0.0622 e. The zero-order valence-corrected chi connectivity index (χ0v) is 10.6. The zero-order valence-electron chi connectivity index (χ0n) is 10.6. The lowest BCUT2D eigenvalue weighted by Gasteiger charge is -2.11. The largest absolute Gasteiger partial charge is 0.0622 e. The molecule has 0 radical (unpaired) electrons. The van der Waals surface area contributed by atoms with E-state index in [1.807, 2.05) is 0 Å². The van der Waals surface area contributed by atoms with Crippen molar-refractivity contribution < 1.29 is 0 Å². The van der Waals surface area contributed by atoms with E-state index in [0.717, 1.165) is 17.8 Å². The van der Waals surface area contributed by atoms with Crippen LogP contribution < -0.4 is 0 Å². The molecule has 0 amide bonds. The third kappa shape index (κ3) is 2.55. The predicted octanol–water partition coefficient (Wildman–Crippen LogP) is 4.67. The first-order valence-corrected chi connectivity index (χ1v) is 6.40. The average molecular weight is 214 g/mol. The molecule has 0 heteroatoms. The Balaban J connectivity index is 2.11. The topological polar surface area (TPSA) is 0 Å². The maximum Gasteiger partial charge on any atom is -0.0157 e. The van der Waals surface area contributed by atoms with Gasteiger partial charge in [-0.05, 0) is 43.1 Å². The molecule has 0 aliphatic heterocycles. The van der Waals surface area contributed by atoms with Crippen molar-refractivity contribution in [3.8, 4) is 0 Å². The van der Waals surface area contributed by atoms with Crippen molar-refractivity contribution in [2.24, 2.45) is 17.8 Å². The van der Waals surface area contributed by atoms with E-state index in [1.165, 1.54) is 24.0 Å². The maximum absolute atomic E-state index is 2.39. The van der Waals surface area contributed by atoms with Crippen molar-refractivity contribution in [3.63, 3.8) is 0 Å². The first kappa shape index (κ1) is 11.4. The van der Waals surface area contributed by atoms with Crippen LogP contribution in [-0.2, 0) is 0 Å². The summed E-state index contributed by atoms with van der Waals surface area (Å²) in [5, 5.41) is 0. The van der Waals surface area contributed by atoms with E-state index >= 15 is 0 Å². The van der Waals surface area contributed by atoms with Crippen LogP contribution >= 0.6 is 0 Å². The lowest BCUT2D eigenvalue weighted by atomic mass is 9.94. The molecule has 2 aliphatic carbocycles. The van der Waals surface area contributed by atoms with Crippen LogP contribution in [-0.4, -0.2) is 0 Å². The van der Waals surface area contributed by atoms with E-state index in [9.17, 15) is 0 Å². The summed E-state index contributed by atoms with van der Waals surface area (Å²) in [5.74, 6) is 2.54. The second kappa shape index (κ2) is 4.86. The van der Waals surface area contributed by atoms with Gasteiger partial charge in [-0.3, -0.25) is 0 Å². The summed E-state index contributed by atoms with van der Waals surface area (Å²) in [4.78, 5) is 0. The minimum atomic E-state index is 0.776. The molecule has 16 heavy (non-hydrogen) atoms. The second-order valence-electron chi connectivity index (χ2n) is 5.42. The monoisotopic (exact) mass is 214 g/mol. The van der Waals surface area contributed by atoms with Gasteiger partial charge in [0.1, 0.15) is 0 Å². The summed E-state index contributed by atoms with van der Waals surface area (Å²) in [7, 11) is 0. The Labute approximate surface area is 99.4 Å². The van der Waals surface area contributed by atoms with Crippen LogP contribution in [0.25, 0.3) is 0 Å². The molecular formula is C16H22. The molecule has 0 aromatic heterocycles. The molecular weight excluding hydrogens is 192 g/mol. The summed E-state index contributed by atoms with van der Waals surface area (Å²) in [5.41, 5.74) is 2.83. The lowest BCUT2D eigenvalue weighted by Crippen LogP contribution is -1.97. The summed E-state index contributed by atoms with van der Waals surface area (Å²) in [6.07, 6.45) is 16.1. The molecule has 0 spiro atoms. The van der Waals surface area contributed by atoms with Crippen LogP contribution in [0.5, 0.6) is 0 Å². The van der Waals surface area contributed by atoms with Gasteiger partial charge in [-0.1, -0.05) is 55.9 Å². The normalized spacial score (nSPS) is 34.3. The van der Waals surface area contributed by atoms with E-state index in [0.29, 0.717) is 0 Å². The minimum absolute atomic E-state index is 0.776. The molecule has 2 unspecified atom stereocenters. The highest BCUT2D eigenvalue weighted by Crippen LogP contribution is 2.40. The number of allylic oxidation sites excluding steroid dienone is 8. The van der Waals surface area contributed by atoms with Gasteiger partial charge in [-0.2, -0.15) is 0 Å². The third-order valence-electron chi connectivity index (χ3n) is 4.05. The Morgan fingerprint density at radius 1 is 0.938 bits per heavy atom. The number of hydrogen-bond acceptors (Lipinski definition) is 0. The molecule has 0 saturated heterocycles. The van der Waals surface area contributed by atoms with Gasteiger partial charge in [0.25, 0.3) is 0 Å². The van der Waals surface area contributed by atoms with E-state index in [-0.39, 0.29) is 0 Å². The molecule has 2 atom stereocenters. The predicted molar refractivity (Wildman–Crippen MR) is 71.2 cm³/mol. The molecule has 0 nitrogen and oxygen atoms in total. The first-order chi connectivity index (χ1) is 7.66. The van der Waals surface area contributed by atoms with E-state index in [4.69, 9.17) is 0 Å². The van der Waals surface area contributed by atoms with Crippen LogP contribution in [0, 0.1) is 17.8 Å². The highest BCUT2D eigenvalue weighted by atomic mass is 14.3. The van der Waals surface area contributed by atoms with Crippen molar-refractivity contribution >= 4 is 0 Å². The Morgan fingerprint density at radius 3 is 2.25 bits per heavy atom.